The van der Waals surface area contributed by atoms with Crippen molar-refractivity contribution in [2.75, 3.05) is 0 Å². The molecule has 24 heavy (non-hydrogen) atoms. The van der Waals surface area contributed by atoms with Crippen LogP contribution in [-0.2, 0) is 14.1 Å². The molecule has 1 aliphatic carbocycles. The first kappa shape index (κ1) is 15.7. The van der Waals surface area contributed by atoms with Gasteiger partial charge in [0.25, 0.3) is 5.49 Å². The van der Waals surface area contributed by atoms with E-state index in [0.717, 1.165) is 33.3 Å². The van der Waals surface area contributed by atoms with E-state index < -0.39 is 11.6 Å². The number of nitrogens with zero attached hydrogens (tertiary/aromatic N) is 6. The van der Waals surface area contributed by atoms with Crippen LogP contribution >= 0.6 is 0 Å². The maximum atomic E-state index is 12.0. The normalized spacial score (nSPS) is 15.4. The highest BCUT2D eigenvalue weighted by Crippen LogP contribution is 2.33. The van der Waals surface area contributed by atoms with Crippen molar-refractivity contribution in [2.45, 2.75) is 12.8 Å². The molecule has 1 heterocycles. The summed E-state index contributed by atoms with van der Waals surface area (Å²) < 4.78 is 1.99. The van der Waals surface area contributed by atoms with E-state index in [0.29, 0.717) is 5.92 Å². The van der Waals surface area contributed by atoms with Gasteiger partial charge in [-0.15, -0.1) is 5.10 Å². The standard InChI is InChI=1S/C16H16N6O2/c1-21-14(13(18-17)15(23)22(2)16(21)24)20-19-12(11-8-9-11)10-6-4-3-5-7-10/h3-7,11H,8-9H2,1-2H3. The molecular weight excluding hydrogens is 308 g/mol. The van der Waals surface area contributed by atoms with Crippen LogP contribution in [0.4, 0.5) is 5.69 Å². The van der Waals surface area contributed by atoms with Gasteiger partial charge < -0.3 is 9.67 Å². The van der Waals surface area contributed by atoms with Crippen molar-refractivity contribution in [3.05, 3.63) is 56.8 Å². The van der Waals surface area contributed by atoms with Gasteiger partial charge >= 0.3 is 11.4 Å². The van der Waals surface area contributed by atoms with Crippen LogP contribution in [0.1, 0.15) is 18.4 Å². The molecule has 0 unspecified atom stereocenters. The minimum atomic E-state index is -0.720. The summed E-state index contributed by atoms with van der Waals surface area (Å²) in [6.45, 7) is 0. The van der Waals surface area contributed by atoms with Gasteiger partial charge in [0.15, 0.2) is 4.98 Å². The molecule has 1 aromatic carbocycles. The number of rotatable bonds is 3. The van der Waals surface area contributed by atoms with Crippen LogP contribution in [0.25, 0.3) is 4.98 Å². The van der Waals surface area contributed by atoms with E-state index in [4.69, 9.17) is 5.39 Å². The molecule has 0 radical (unpaired) electrons. The fourth-order valence-electron chi connectivity index (χ4n) is 2.46. The Bertz CT molecular complexity index is 975. The Balaban J connectivity index is 2.22. The second-order valence-corrected chi connectivity index (χ2v) is 5.70. The predicted octanol–water partition coefficient (Wildman–Crippen LogP) is 0.997. The topological polar surface area (TPSA) is 103 Å². The van der Waals surface area contributed by atoms with E-state index in [1.165, 1.54) is 14.1 Å². The van der Waals surface area contributed by atoms with Crippen molar-refractivity contribution in [3.8, 4) is 5.88 Å². The minimum absolute atomic E-state index is 0.0697. The van der Waals surface area contributed by atoms with E-state index in [1.807, 2.05) is 30.3 Å². The molecule has 0 N–H and O–H groups in total. The number of aromatic nitrogens is 2. The first-order valence-electron chi connectivity index (χ1n) is 7.53. The van der Waals surface area contributed by atoms with Crippen LogP contribution in [0.3, 0.4) is 0 Å². The molecule has 1 saturated carbocycles. The zero-order chi connectivity index (χ0) is 17.3. The van der Waals surface area contributed by atoms with Crippen LogP contribution < -0.4 is 16.3 Å². The average Bonchev–Trinajstić information content (AvgIpc) is 3.43. The monoisotopic (exact) mass is 324 g/mol. The van der Waals surface area contributed by atoms with Gasteiger partial charge in [-0.3, -0.25) is 4.57 Å². The molecule has 0 spiro atoms. The first-order valence-corrected chi connectivity index (χ1v) is 7.53. The van der Waals surface area contributed by atoms with Gasteiger partial charge in [0.2, 0.25) is 5.39 Å². The highest BCUT2D eigenvalue weighted by molar-refractivity contribution is 6.03. The Morgan fingerprint density at radius 1 is 1.25 bits per heavy atom. The molecule has 0 aliphatic heterocycles. The van der Waals surface area contributed by atoms with Gasteiger partial charge in [-0.2, -0.15) is 5.10 Å². The quantitative estimate of drug-likeness (QED) is 0.478. The number of diazo groups is 1. The van der Waals surface area contributed by atoms with Crippen molar-refractivity contribution in [3.63, 3.8) is 0 Å². The van der Waals surface area contributed by atoms with Crippen molar-refractivity contribution < 1.29 is 5.11 Å². The molecule has 3 rings (SSSR count). The summed E-state index contributed by atoms with van der Waals surface area (Å²) in [5.74, 6) is -0.406. The van der Waals surface area contributed by atoms with Gasteiger partial charge in [0.1, 0.15) is 0 Å². The van der Waals surface area contributed by atoms with Crippen LogP contribution in [0, 0.1) is 11.3 Å². The first-order chi connectivity index (χ1) is 11.5. The van der Waals surface area contributed by atoms with Crippen LogP contribution in [0.5, 0.6) is 5.88 Å². The fraction of sp³-hybridized carbons (Fsp3) is 0.312. The third-order valence-electron chi connectivity index (χ3n) is 4.00. The number of hydrogen-bond acceptors (Lipinski definition) is 5. The molecule has 8 heteroatoms. The highest BCUT2D eigenvalue weighted by Gasteiger charge is 2.29. The zero-order valence-corrected chi connectivity index (χ0v) is 13.4. The summed E-state index contributed by atoms with van der Waals surface area (Å²) in [5, 5.41) is 29.5. The summed E-state index contributed by atoms with van der Waals surface area (Å²) in [6, 6.07) is 9.62. The van der Waals surface area contributed by atoms with E-state index in [-0.39, 0.29) is 11.2 Å². The highest BCUT2D eigenvalue weighted by atomic mass is 16.3. The number of hydrogen-bond donors (Lipinski definition) is 0. The minimum Gasteiger partial charge on any atom is -0.854 e. The molecule has 122 valence electrons. The van der Waals surface area contributed by atoms with E-state index in [2.05, 4.69) is 15.2 Å². The lowest BCUT2D eigenvalue weighted by Crippen LogP contribution is -2.38. The molecule has 0 amide bonds. The van der Waals surface area contributed by atoms with E-state index in [1.54, 1.807) is 0 Å². The maximum Gasteiger partial charge on any atom is 0.437 e. The SMILES string of the molecule is Cn1c([O-])c([N+]#N)c(=NN=C(c2ccccc2)C2CC2)n(C)c1=O. The Hall–Kier alpha value is -3.21. The molecule has 1 fully saturated rings. The predicted molar refractivity (Wildman–Crippen MR) is 86.1 cm³/mol. The Labute approximate surface area is 137 Å². The molecular formula is C16H16N6O2. The fourth-order valence-corrected chi connectivity index (χ4v) is 2.46. The average molecular weight is 324 g/mol. The molecule has 1 aliphatic rings. The van der Waals surface area contributed by atoms with Crippen molar-refractivity contribution in [1.29, 1.82) is 5.39 Å². The molecule has 2 aromatic rings. The second kappa shape index (κ2) is 6.12. The third kappa shape index (κ3) is 2.72. The van der Waals surface area contributed by atoms with Crippen LogP contribution in [0.15, 0.2) is 45.3 Å². The smallest absolute Gasteiger partial charge is 0.437 e. The maximum absolute atomic E-state index is 12.0. The lowest BCUT2D eigenvalue weighted by atomic mass is 10.1. The summed E-state index contributed by atoms with van der Waals surface area (Å²) in [7, 11) is 2.76. The summed E-state index contributed by atoms with van der Waals surface area (Å²) in [6.07, 6.45) is 2.05. The molecule has 0 saturated heterocycles. The summed E-state index contributed by atoms with van der Waals surface area (Å²) in [5.41, 5.74) is 0.799. The Kier molecular flexibility index (Phi) is 4.00. The Morgan fingerprint density at radius 2 is 1.92 bits per heavy atom. The third-order valence-corrected chi connectivity index (χ3v) is 4.00. The van der Waals surface area contributed by atoms with E-state index in [9.17, 15) is 9.90 Å². The molecule has 0 atom stereocenters. The van der Waals surface area contributed by atoms with Crippen molar-refractivity contribution in [1.82, 2.24) is 9.13 Å². The van der Waals surface area contributed by atoms with Crippen LogP contribution in [-0.4, -0.2) is 14.8 Å². The van der Waals surface area contributed by atoms with Gasteiger partial charge in [-0.05, 0) is 18.4 Å². The van der Waals surface area contributed by atoms with Gasteiger partial charge in [0, 0.05) is 20.0 Å². The van der Waals surface area contributed by atoms with Gasteiger partial charge in [-0.25, -0.2) is 4.79 Å². The van der Waals surface area contributed by atoms with Crippen molar-refractivity contribution in [2.24, 2.45) is 30.2 Å². The molecule has 8 nitrogen and oxygen atoms in total. The van der Waals surface area contributed by atoms with Gasteiger partial charge in [-0.1, -0.05) is 30.3 Å². The molecule has 0 bridgehead atoms. The summed E-state index contributed by atoms with van der Waals surface area (Å²) >= 11 is 0. The van der Waals surface area contributed by atoms with Crippen LogP contribution in [0.2, 0.25) is 0 Å². The largest absolute Gasteiger partial charge is 0.854 e. The lowest BCUT2D eigenvalue weighted by molar-refractivity contribution is -0.278. The summed E-state index contributed by atoms with van der Waals surface area (Å²) in [4.78, 5) is 15.0. The van der Waals surface area contributed by atoms with Crippen molar-refractivity contribution >= 4 is 11.4 Å². The Morgan fingerprint density at radius 3 is 2.50 bits per heavy atom. The van der Waals surface area contributed by atoms with E-state index >= 15 is 0 Å². The van der Waals surface area contributed by atoms with Gasteiger partial charge in [0.05, 0.1) is 11.6 Å². The lowest BCUT2D eigenvalue weighted by Gasteiger charge is -2.10. The zero-order valence-electron chi connectivity index (χ0n) is 13.4. The second-order valence-electron chi connectivity index (χ2n) is 5.70. The molecule has 1 aromatic heterocycles. The number of benzene rings is 1.